The van der Waals surface area contributed by atoms with Gasteiger partial charge in [0.2, 0.25) is 5.78 Å². The largest absolute Gasteiger partial charge is 0.461 e. The molecule has 1 aromatic carbocycles. The van der Waals surface area contributed by atoms with Crippen LogP contribution in [0.1, 0.15) is 10.6 Å². The molecule has 2 heterocycles. The molecule has 90 valence electrons. The average molecular weight is 260 g/mol. The SMILES string of the molecule is O=C(Cn1ccc2c(Cl)cccc21)c1ccco1. The smallest absolute Gasteiger partial charge is 0.217 e. The molecule has 3 nitrogen and oxygen atoms in total. The van der Waals surface area contributed by atoms with Gasteiger partial charge in [0.05, 0.1) is 12.8 Å². The molecule has 4 heteroatoms. The van der Waals surface area contributed by atoms with Crippen molar-refractivity contribution < 1.29 is 9.21 Å². The molecule has 0 aliphatic rings. The number of halogens is 1. The second-order valence-electron chi connectivity index (χ2n) is 4.02. The second kappa shape index (κ2) is 4.35. The number of hydrogen-bond donors (Lipinski definition) is 0. The zero-order valence-electron chi connectivity index (χ0n) is 9.47. The highest BCUT2D eigenvalue weighted by Gasteiger charge is 2.11. The first-order valence-electron chi connectivity index (χ1n) is 5.56. The van der Waals surface area contributed by atoms with Gasteiger partial charge in [0, 0.05) is 22.1 Å². The monoisotopic (exact) mass is 259 g/mol. The minimum Gasteiger partial charge on any atom is -0.461 e. The molecule has 0 saturated carbocycles. The topological polar surface area (TPSA) is 35.1 Å². The van der Waals surface area contributed by atoms with E-state index in [0.717, 1.165) is 10.9 Å². The maximum absolute atomic E-state index is 12.0. The van der Waals surface area contributed by atoms with Gasteiger partial charge in [-0.15, -0.1) is 0 Å². The third-order valence-electron chi connectivity index (χ3n) is 2.87. The number of carbonyl (C=O) groups is 1. The van der Waals surface area contributed by atoms with E-state index in [1.165, 1.54) is 6.26 Å². The van der Waals surface area contributed by atoms with Crippen LogP contribution in [0.3, 0.4) is 0 Å². The summed E-state index contributed by atoms with van der Waals surface area (Å²) in [6.07, 6.45) is 3.36. The van der Waals surface area contributed by atoms with Gasteiger partial charge >= 0.3 is 0 Å². The first-order chi connectivity index (χ1) is 8.75. The fourth-order valence-corrected chi connectivity index (χ4v) is 2.23. The number of ketones is 1. The van der Waals surface area contributed by atoms with Crippen molar-refractivity contribution in [1.82, 2.24) is 4.57 Å². The Balaban J connectivity index is 1.96. The molecule has 3 aromatic rings. The van der Waals surface area contributed by atoms with Crippen LogP contribution in [0.4, 0.5) is 0 Å². The van der Waals surface area contributed by atoms with Gasteiger partial charge in [-0.2, -0.15) is 0 Å². The van der Waals surface area contributed by atoms with Crippen LogP contribution in [0, 0.1) is 0 Å². The van der Waals surface area contributed by atoms with Crippen molar-refractivity contribution >= 4 is 28.3 Å². The van der Waals surface area contributed by atoms with Gasteiger partial charge in [-0.25, -0.2) is 0 Å². The number of rotatable bonds is 3. The van der Waals surface area contributed by atoms with E-state index in [1.807, 2.05) is 35.0 Å². The Morgan fingerprint density at radius 1 is 1.22 bits per heavy atom. The Hall–Kier alpha value is -2.00. The molecule has 0 radical (unpaired) electrons. The third kappa shape index (κ3) is 1.83. The van der Waals surface area contributed by atoms with E-state index >= 15 is 0 Å². The predicted molar refractivity (Wildman–Crippen MR) is 70.0 cm³/mol. The molecule has 3 rings (SSSR count). The average Bonchev–Trinajstić information content (AvgIpc) is 2.99. The molecule has 0 spiro atoms. The summed E-state index contributed by atoms with van der Waals surface area (Å²) in [6.45, 7) is 0.247. The van der Waals surface area contributed by atoms with Crippen LogP contribution in [-0.2, 0) is 6.54 Å². The Kier molecular flexibility index (Phi) is 2.68. The highest BCUT2D eigenvalue weighted by atomic mass is 35.5. The van der Waals surface area contributed by atoms with E-state index < -0.39 is 0 Å². The third-order valence-corrected chi connectivity index (χ3v) is 3.20. The number of furan rings is 1. The first kappa shape index (κ1) is 11.1. The molecular weight excluding hydrogens is 250 g/mol. The van der Waals surface area contributed by atoms with Crippen molar-refractivity contribution in [2.75, 3.05) is 0 Å². The van der Waals surface area contributed by atoms with Gasteiger partial charge in [-0.3, -0.25) is 4.79 Å². The van der Waals surface area contributed by atoms with Gasteiger partial charge < -0.3 is 8.98 Å². The summed E-state index contributed by atoms with van der Waals surface area (Å²) in [5, 5.41) is 1.64. The summed E-state index contributed by atoms with van der Waals surface area (Å²) in [6, 6.07) is 10.9. The fourth-order valence-electron chi connectivity index (χ4n) is 1.99. The zero-order valence-corrected chi connectivity index (χ0v) is 10.2. The predicted octanol–water partition coefficient (Wildman–Crippen LogP) is 3.77. The fraction of sp³-hybridized carbons (Fsp3) is 0.0714. The van der Waals surface area contributed by atoms with Crippen LogP contribution >= 0.6 is 11.6 Å². The van der Waals surface area contributed by atoms with E-state index in [2.05, 4.69) is 0 Å². The van der Waals surface area contributed by atoms with Crippen molar-refractivity contribution in [1.29, 1.82) is 0 Å². The number of aromatic nitrogens is 1. The van der Waals surface area contributed by atoms with Crippen molar-refractivity contribution in [2.24, 2.45) is 0 Å². The van der Waals surface area contributed by atoms with E-state index in [4.69, 9.17) is 16.0 Å². The quantitative estimate of drug-likeness (QED) is 0.671. The summed E-state index contributed by atoms with van der Waals surface area (Å²) in [7, 11) is 0. The first-order valence-corrected chi connectivity index (χ1v) is 5.93. The van der Waals surface area contributed by atoms with Crippen molar-refractivity contribution in [3.63, 3.8) is 0 Å². The lowest BCUT2D eigenvalue weighted by molar-refractivity contribution is 0.0946. The lowest BCUT2D eigenvalue weighted by Gasteiger charge is -2.03. The van der Waals surface area contributed by atoms with E-state index in [9.17, 15) is 4.79 Å². The second-order valence-corrected chi connectivity index (χ2v) is 4.42. The molecule has 0 aliphatic carbocycles. The molecule has 0 aliphatic heterocycles. The Labute approximate surface area is 109 Å². The van der Waals surface area contributed by atoms with Crippen LogP contribution in [0.15, 0.2) is 53.3 Å². The van der Waals surface area contributed by atoms with Crippen LogP contribution < -0.4 is 0 Å². The van der Waals surface area contributed by atoms with Crippen LogP contribution in [0.25, 0.3) is 10.9 Å². The zero-order chi connectivity index (χ0) is 12.5. The number of carbonyl (C=O) groups excluding carboxylic acids is 1. The maximum atomic E-state index is 12.0. The van der Waals surface area contributed by atoms with E-state index in [-0.39, 0.29) is 12.3 Å². The van der Waals surface area contributed by atoms with Gasteiger partial charge in [-0.1, -0.05) is 17.7 Å². The van der Waals surface area contributed by atoms with Gasteiger partial charge in [-0.05, 0) is 30.3 Å². The lowest BCUT2D eigenvalue weighted by atomic mass is 10.2. The van der Waals surface area contributed by atoms with Crippen molar-refractivity contribution in [3.8, 4) is 0 Å². The number of benzene rings is 1. The molecule has 0 N–H and O–H groups in total. The summed E-state index contributed by atoms with van der Waals surface area (Å²) in [5.41, 5.74) is 0.947. The number of hydrogen-bond acceptors (Lipinski definition) is 2. The molecule has 0 unspecified atom stereocenters. The molecule has 0 bridgehead atoms. The van der Waals surface area contributed by atoms with Crippen LogP contribution in [0.2, 0.25) is 5.02 Å². The normalized spacial score (nSPS) is 10.9. The summed E-state index contributed by atoms with van der Waals surface area (Å²) >= 11 is 6.09. The summed E-state index contributed by atoms with van der Waals surface area (Å²) in [4.78, 5) is 12.0. The summed E-state index contributed by atoms with van der Waals surface area (Å²) < 4.78 is 6.96. The van der Waals surface area contributed by atoms with Crippen molar-refractivity contribution in [2.45, 2.75) is 6.54 Å². The van der Waals surface area contributed by atoms with Gasteiger partial charge in [0.15, 0.2) is 5.76 Å². The van der Waals surface area contributed by atoms with E-state index in [0.29, 0.717) is 10.8 Å². The Morgan fingerprint density at radius 2 is 2.11 bits per heavy atom. The minimum atomic E-state index is -0.0579. The highest BCUT2D eigenvalue weighted by Crippen LogP contribution is 2.24. The molecular formula is C14H10ClNO2. The summed E-state index contributed by atoms with van der Waals surface area (Å²) in [5.74, 6) is 0.316. The molecule has 0 saturated heterocycles. The Bertz CT molecular complexity index is 698. The Morgan fingerprint density at radius 3 is 2.89 bits per heavy atom. The molecule has 2 aromatic heterocycles. The minimum absolute atomic E-state index is 0.0579. The highest BCUT2D eigenvalue weighted by molar-refractivity contribution is 6.35. The molecule has 0 fully saturated rings. The van der Waals surface area contributed by atoms with E-state index in [1.54, 1.807) is 12.1 Å². The molecule has 0 atom stereocenters. The standard InChI is InChI=1S/C14H10ClNO2/c15-11-3-1-4-12-10(11)6-7-16(12)9-13(17)14-5-2-8-18-14/h1-8H,9H2. The van der Waals surface area contributed by atoms with Crippen molar-refractivity contribution in [3.05, 3.63) is 59.6 Å². The molecule has 0 amide bonds. The number of Topliss-reactive ketones (excluding diaryl/α,β-unsaturated/α-hetero) is 1. The van der Waals surface area contributed by atoms with Gasteiger partial charge in [0.25, 0.3) is 0 Å². The maximum Gasteiger partial charge on any atom is 0.217 e. The molecule has 18 heavy (non-hydrogen) atoms. The number of fused-ring (bicyclic) bond motifs is 1. The van der Waals surface area contributed by atoms with Crippen LogP contribution in [-0.4, -0.2) is 10.4 Å². The number of nitrogens with zero attached hydrogens (tertiary/aromatic N) is 1. The van der Waals surface area contributed by atoms with Crippen LogP contribution in [0.5, 0.6) is 0 Å². The van der Waals surface area contributed by atoms with Gasteiger partial charge in [0.1, 0.15) is 0 Å². The lowest BCUT2D eigenvalue weighted by Crippen LogP contribution is -2.08.